The largest absolute Gasteiger partial charge is 0.380 e. The van der Waals surface area contributed by atoms with Crippen molar-refractivity contribution in [2.45, 2.75) is 39.3 Å². The number of rotatable bonds is 8. The lowest BCUT2D eigenvalue weighted by atomic mass is 10.2. The van der Waals surface area contributed by atoms with Crippen LogP contribution in [0.15, 0.2) is 0 Å². The maximum absolute atomic E-state index is 11.6. The number of methoxy groups -OCH3 is 1. The predicted octanol–water partition coefficient (Wildman–Crippen LogP) is -0.373. The molecule has 4 N–H and O–H groups in total. The summed E-state index contributed by atoms with van der Waals surface area (Å²) >= 11 is 0. The van der Waals surface area contributed by atoms with Crippen LogP contribution in [0.3, 0.4) is 0 Å². The molecule has 18 heavy (non-hydrogen) atoms. The molecule has 0 aliphatic carbocycles. The Kier molecular flexibility index (Phi) is 8.32. The summed E-state index contributed by atoms with van der Waals surface area (Å²) in [6.07, 6.45) is -0.148. The van der Waals surface area contributed by atoms with Crippen molar-refractivity contribution < 1.29 is 14.3 Å². The van der Waals surface area contributed by atoms with Crippen LogP contribution in [0.5, 0.6) is 0 Å². The molecule has 0 aliphatic heterocycles. The fraction of sp³-hybridized carbons (Fsp3) is 0.833. The van der Waals surface area contributed by atoms with Crippen LogP contribution in [0.1, 0.15) is 27.2 Å². The van der Waals surface area contributed by atoms with Gasteiger partial charge in [-0.3, -0.25) is 9.59 Å². The summed E-state index contributed by atoms with van der Waals surface area (Å²) in [5, 5.41) is 5.37. The van der Waals surface area contributed by atoms with Gasteiger partial charge in [-0.25, -0.2) is 0 Å². The van der Waals surface area contributed by atoms with Crippen molar-refractivity contribution in [2.24, 2.45) is 11.7 Å². The van der Waals surface area contributed by atoms with Crippen molar-refractivity contribution >= 4 is 11.8 Å². The van der Waals surface area contributed by atoms with Crippen molar-refractivity contribution in [3.8, 4) is 0 Å². The van der Waals surface area contributed by atoms with E-state index in [2.05, 4.69) is 10.6 Å². The zero-order valence-corrected chi connectivity index (χ0v) is 11.7. The summed E-state index contributed by atoms with van der Waals surface area (Å²) in [5.74, 6) is -0.0368. The van der Waals surface area contributed by atoms with Crippen molar-refractivity contribution in [1.29, 1.82) is 0 Å². The summed E-state index contributed by atoms with van der Waals surface area (Å²) in [6.45, 7) is 6.54. The van der Waals surface area contributed by atoms with Crippen LogP contribution in [0.4, 0.5) is 0 Å². The highest BCUT2D eigenvalue weighted by Crippen LogP contribution is 1.96. The zero-order chi connectivity index (χ0) is 14.1. The Morgan fingerprint density at radius 3 is 2.33 bits per heavy atom. The Bertz CT molecular complexity index is 265. The molecule has 6 heteroatoms. The smallest absolute Gasteiger partial charge is 0.242 e. The van der Waals surface area contributed by atoms with Gasteiger partial charge in [0, 0.05) is 20.2 Å². The van der Waals surface area contributed by atoms with E-state index in [1.54, 1.807) is 6.92 Å². The van der Waals surface area contributed by atoms with Crippen LogP contribution in [0.25, 0.3) is 0 Å². The lowest BCUT2D eigenvalue weighted by molar-refractivity contribution is -0.129. The molecule has 0 aromatic carbocycles. The first-order valence-electron chi connectivity index (χ1n) is 6.20. The molecule has 0 heterocycles. The molecule has 0 aromatic rings. The maximum Gasteiger partial charge on any atom is 0.242 e. The number of hydrogen-bond donors (Lipinski definition) is 3. The van der Waals surface area contributed by atoms with E-state index in [1.165, 1.54) is 7.11 Å². The monoisotopic (exact) mass is 259 g/mol. The molecule has 0 aromatic heterocycles. The molecule has 0 bridgehead atoms. The third kappa shape index (κ3) is 7.24. The standard InChI is InChI=1S/C12H25N3O3/c1-8(2)7-14-12(17)9(3)15-11(16)5-10(6-13)18-4/h8-10H,5-7,13H2,1-4H3,(H,14,17)(H,15,16). The van der Waals surface area contributed by atoms with Crippen LogP contribution >= 0.6 is 0 Å². The first-order chi connectivity index (χ1) is 8.40. The lowest BCUT2D eigenvalue weighted by Gasteiger charge is -2.17. The van der Waals surface area contributed by atoms with E-state index in [0.29, 0.717) is 12.5 Å². The van der Waals surface area contributed by atoms with Crippen LogP contribution in [-0.2, 0) is 14.3 Å². The molecule has 2 amide bonds. The van der Waals surface area contributed by atoms with Gasteiger partial charge in [0.25, 0.3) is 0 Å². The van der Waals surface area contributed by atoms with Crippen LogP contribution in [-0.4, -0.2) is 44.2 Å². The van der Waals surface area contributed by atoms with E-state index in [4.69, 9.17) is 10.5 Å². The minimum absolute atomic E-state index is 0.162. The highest BCUT2D eigenvalue weighted by atomic mass is 16.5. The molecule has 2 atom stereocenters. The summed E-state index contributed by atoms with van der Waals surface area (Å²) < 4.78 is 5.00. The molecule has 0 radical (unpaired) electrons. The van der Waals surface area contributed by atoms with Gasteiger partial charge in [0.15, 0.2) is 0 Å². The number of ether oxygens (including phenoxy) is 1. The van der Waals surface area contributed by atoms with E-state index in [1.807, 2.05) is 13.8 Å². The summed E-state index contributed by atoms with van der Waals surface area (Å²) in [4.78, 5) is 23.2. The third-order valence-electron chi connectivity index (χ3n) is 2.46. The Morgan fingerprint density at radius 1 is 1.28 bits per heavy atom. The molecule has 2 unspecified atom stereocenters. The zero-order valence-electron chi connectivity index (χ0n) is 11.7. The number of carbonyl (C=O) groups excluding carboxylic acids is 2. The minimum atomic E-state index is -0.550. The van der Waals surface area contributed by atoms with Crippen molar-refractivity contribution in [1.82, 2.24) is 10.6 Å². The van der Waals surface area contributed by atoms with Gasteiger partial charge in [0.05, 0.1) is 12.5 Å². The van der Waals surface area contributed by atoms with Gasteiger partial charge < -0.3 is 21.1 Å². The predicted molar refractivity (Wildman–Crippen MR) is 69.9 cm³/mol. The van der Waals surface area contributed by atoms with Gasteiger partial charge in [-0.05, 0) is 12.8 Å². The van der Waals surface area contributed by atoms with Gasteiger partial charge in [-0.2, -0.15) is 0 Å². The van der Waals surface area contributed by atoms with Crippen molar-refractivity contribution in [2.75, 3.05) is 20.2 Å². The van der Waals surface area contributed by atoms with E-state index >= 15 is 0 Å². The second-order valence-electron chi connectivity index (χ2n) is 4.73. The fourth-order valence-corrected chi connectivity index (χ4v) is 1.29. The second-order valence-corrected chi connectivity index (χ2v) is 4.73. The highest BCUT2D eigenvalue weighted by Gasteiger charge is 2.17. The van der Waals surface area contributed by atoms with Gasteiger partial charge in [0.2, 0.25) is 11.8 Å². The van der Waals surface area contributed by atoms with E-state index < -0.39 is 6.04 Å². The molecule has 0 saturated heterocycles. The molecule has 0 rings (SSSR count). The molecular weight excluding hydrogens is 234 g/mol. The first-order valence-corrected chi connectivity index (χ1v) is 6.20. The van der Waals surface area contributed by atoms with Gasteiger partial charge >= 0.3 is 0 Å². The molecule has 6 nitrogen and oxygen atoms in total. The number of hydrogen-bond acceptors (Lipinski definition) is 4. The molecule has 0 spiro atoms. The summed E-state index contributed by atoms with van der Waals surface area (Å²) in [6, 6.07) is -0.550. The van der Waals surface area contributed by atoms with Crippen LogP contribution in [0.2, 0.25) is 0 Å². The molecular formula is C12H25N3O3. The highest BCUT2D eigenvalue weighted by molar-refractivity contribution is 5.87. The average Bonchev–Trinajstić information content (AvgIpc) is 2.32. The SMILES string of the molecule is COC(CN)CC(=O)NC(C)C(=O)NCC(C)C. The number of nitrogens with one attached hydrogen (secondary N) is 2. The Hall–Kier alpha value is -1.14. The lowest BCUT2D eigenvalue weighted by Crippen LogP contribution is -2.46. The van der Waals surface area contributed by atoms with Gasteiger partial charge in [-0.1, -0.05) is 13.8 Å². The van der Waals surface area contributed by atoms with E-state index in [0.717, 1.165) is 0 Å². The third-order valence-corrected chi connectivity index (χ3v) is 2.46. The topological polar surface area (TPSA) is 93.4 Å². The fourth-order valence-electron chi connectivity index (χ4n) is 1.29. The number of nitrogens with two attached hydrogens (primary N) is 1. The van der Waals surface area contributed by atoms with E-state index in [-0.39, 0.29) is 30.9 Å². The normalized spacial score (nSPS) is 14.1. The molecule has 106 valence electrons. The van der Waals surface area contributed by atoms with E-state index in [9.17, 15) is 9.59 Å². The Balaban J connectivity index is 4.02. The summed E-state index contributed by atoms with van der Waals surface area (Å²) in [7, 11) is 1.50. The molecule has 0 fully saturated rings. The quantitative estimate of drug-likeness (QED) is 0.554. The molecule has 0 aliphatic rings. The molecule has 0 saturated carbocycles. The van der Waals surface area contributed by atoms with Gasteiger partial charge in [0.1, 0.15) is 6.04 Å². The maximum atomic E-state index is 11.6. The van der Waals surface area contributed by atoms with Crippen LogP contribution in [0, 0.1) is 5.92 Å². The Labute approximate surface area is 109 Å². The minimum Gasteiger partial charge on any atom is -0.380 e. The van der Waals surface area contributed by atoms with Gasteiger partial charge in [-0.15, -0.1) is 0 Å². The first kappa shape index (κ1) is 16.9. The average molecular weight is 259 g/mol. The Morgan fingerprint density at radius 2 is 1.89 bits per heavy atom. The van der Waals surface area contributed by atoms with Crippen molar-refractivity contribution in [3.05, 3.63) is 0 Å². The summed E-state index contributed by atoms with van der Waals surface area (Å²) in [5.41, 5.74) is 5.42. The second kappa shape index (κ2) is 8.88. The number of amides is 2. The number of carbonyl (C=O) groups is 2. The van der Waals surface area contributed by atoms with Crippen LogP contribution < -0.4 is 16.4 Å². The van der Waals surface area contributed by atoms with Crippen molar-refractivity contribution in [3.63, 3.8) is 0 Å².